The first-order valence-electron chi connectivity index (χ1n) is 9.43. The van der Waals surface area contributed by atoms with Gasteiger partial charge in [-0.05, 0) is 32.1 Å². The van der Waals surface area contributed by atoms with Crippen LogP contribution in [0.15, 0.2) is 0 Å². The lowest BCUT2D eigenvalue weighted by atomic mass is 9.78. The molecule has 1 unspecified atom stereocenters. The predicted octanol–water partition coefficient (Wildman–Crippen LogP) is 2.40. The lowest BCUT2D eigenvalue weighted by Gasteiger charge is -2.52. The molecule has 2 saturated heterocycles. The van der Waals surface area contributed by atoms with Gasteiger partial charge in [-0.15, -0.1) is 0 Å². The van der Waals surface area contributed by atoms with E-state index in [0.29, 0.717) is 0 Å². The summed E-state index contributed by atoms with van der Waals surface area (Å²) in [5.74, 6) is 0.249. The standard InChI is InChI=1S/C18H32N2O3/c1-16(21)20-11-10-19(15-18(20)8-4-2-5-9-18)12-14-23-17-7-3-6-13-22-17/h17H,2-15H2,1H3. The van der Waals surface area contributed by atoms with Gasteiger partial charge in [0.25, 0.3) is 0 Å². The zero-order chi connectivity index (χ0) is 16.1. The molecule has 0 N–H and O–H groups in total. The maximum absolute atomic E-state index is 12.1. The molecule has 0 bridgehead atoms. The summed E-state index contributed by atoms with van der Waals surface area (Å²) in [5.41, 5.74) is 0.0870. The molecule has 0 aromatic rings. The molecule has 5 heteroatoms. The number of carbonyl (C=O) groups excluding carboxylic acids is 1. The van der Waals surface area contributed by atoms with Crippen molar-refractivity contribution in [2.75, 3.05) is 39.4 Å². The van der Waals surface area contributed by atoms with Gasteiger partial charge in [-0.25, -0.2) is 0 Å². The van der Waals surface area contributed by atoms with Crippen LogP contribution in [-0.4, -0.2) is 66.9 Å². The highest BCUT2D eigenvalue weighted by Crippen LogP contribution is 2.36. The van der Waals surface area contributed by atoms with Crippen LogP contribution in [-0.2, 0) is 14.3 Å². The molecule has 3 fully saturated rings. The Balaban J connectivity index is 1.50. The number of amides is 1. The van der Waals surface area contributed by atoms with E-state index in [-0.39, 0.29) is 17.7 Å². The number of nitrogens with zero attached hydrogens (tertiary/aromatic N) is 2. The Morgan fingerprint density at radius 1 is 1.17 bits per heavy atom. The van der Waals surface area contributed by atoms with Crippen LogP contribution in [0.2, 0.25) is 0 Å². The van der Waals surface area contributed by atoms with Crippen LogP contribution in [0.5, 0.6) is 0 Å². The van der Waals surface area contributed by atoms with Crippen LogP contribution >= 0.6 is 0 Å². The van der Waals surface area contributed by atoms with Crippen molar-refractivity contribution in [3.05, 3.63) is 0 Å². The molecular formula is C18H32N2O3. The van der Waals surface area contributed by atoms with Gasteiger partial charge < -0.3 is 14.4 Å². The first kappa shape index (κ1) is 17.2. The first-order valence-corrected chi connectivity index (χ1v) is 9.43. The molecule has 0 radical (unpaired) electrons. The third-order valence-electron chi connectivity index (χ3n) is 5.74. The highest BCUT2D eigenvalue weighted by Gasteiger charge is 2.43. The SMILES string of the molecule is CC(=O)N1CCN(CCOC2CCCCO2)CC12CCCCC2. The van der Waals surface area contributed by atoms with Gasteiger partial charge in [-0.3, -0.25) is 9.69 Å². The topological polar surface area (TPSA) is 42.0 Å². The van der Waals surface area contributed by atoms with Crippen LogP contribution < -0.4 is 0 Å². The molecular weight excluding hydrogens is 292 g/mol. The Morgan fingerprint density at radius 3 is 2.70 bits per heavy atom. The van der Waals surface area contributed by atoms with Crippen molar-refractivity contribution in [2.24, 2.45) is 0 Å². The van der Waals surface area contributed by atoms with Gasteiger partial charge in [-0.1, -0.05) is 19.3 Å². The summed E-state index contributed by atoms with van der Waals surface area (Å²) in [6, 6.07) is 0. The second-order valence-electron chi connectivity index (χ2n) is 7.40. The van der Waals surface area contributed by atoms with E-state index >= 15 is 0 Å². The number of piperazine rings is 1. The molecule has 3 aliphatic rings. The maximum Gasteiger partial charge on any atom is 0.219 e. The van der Waals surface area contributed by atoms with Gasteiger partial charge in [0.15, 0.2) is 6.29 Å². The van der Waals surface area contributed by atoms with Gasteiger partial charge in [0.2, 0.25) is 5.91 Å². The monoisotopic (exact) mass is 324 g/mol. The Hall–Kier alpha value is -0.650. The van der Waals surface area contributed by atoms with Gasteiger partial charge in [0.1, 0.15) is 0 Å². The summed E-state index contributed by atoms with van der Waals surface area (Å²) in [4.78, 5) is 16.7. The Morgan fingerprint density at radius 2 is 2.00 bits per heavy atom. The van der Waals surface area contributed by atoms with E-state index in [0.717, 1.165) is 65.1 Å². The minimum Gasteiger partial charge on any atom is -0.353 e. The van der Waals surface area contributed by atoms with Crippen molar-refractivity contribution in [3.63, 3.8) is 0 Å². The molecule has 1 aliphatic carbocycles. The predicted molar refractivity (Wildman–Crippen MR) is 89.2 cm³/mol. The summed E-state index contributed by atoms with van der Waals surface area (Å²) >= 11 is 0. The third-order valence-corrected chi connectivity index (χ3v) is 5.74. The molecule has 3 rings (SSSR count). The Kier molecular flexibility index (Phi) is 5.94. The first-order chi connectivity index (χ1) is 11.2. The lowest BCUT2D eigenvalue weighted by Crippen LogP contribution is -2.64. The van der Waals surface area contributed by atoms with Crippen molar-refractivity contribution in [2.45, 2.75) is 70.1 Å². The van der Waals surface area contributed by atoms with Crippen LogP contribution in [0.3, 0.4) is 0 Å². The average Bonchev–Trinajstić information content (AvgIpc) is 2.56. The van der Waals surface area contributed by atoms with Crippen LogP contribution in [0.1, 0.15) is 58.3 Å². The quantitative estimate of drug-likeness (QED) is 0.796. The van der Waals surface area contributed by atoms with Crippen LogP contribution in [0.4, 0.5) is 0 Å². The average molecular weight is 324 g/mol. The normalized spacial score (nSPS) is 28.9. The molecule has 2 aliphatic heterocycles. The van der Waals surface area contributed by atoms with Crippen molar-refractivity contribution in [1.82, 2.24) is 9.80 Å². The van der Waals surface area contributed by atoms with Gasteiger partial charge in [0, 0.05) is 39.7 Å². The number of carbonyl (C=O) groups is 1. The molecule has 1 atom stereocenters. The van der Waals surface area contributed by atoms with E-state index in [1.165, 1.54) is 25.7 Å². The van der Waals surface area contributed by atoms with Gasteiger partial charge in [0.05, 0.1) is 12.1 Å². The van der Waals surface area contributed by atoms with E-state index in [9.17, 15) is 4.79 Å². The third kappa shape index (κ3) is 4.25. The minimum absolute atomic E-state index is 0.00546. The molecule has 1 amide bonds. The van der Waals surface area contributed by atoms with Gasteiger partial charge in [-0.2, -0.15) is 0 Å². The van der Waals surface area contributed by atoms with Crippen molar-refractivity contribution in [3.8, 4) is 0 Å². The highest BCUT2D eigenvalue weighted by atomic mass is 16.7. The summed E-state index contributed by atoms with van der Waals surface area (Å²) in [7, 11) is 0. The van der Waals surface area contributed by atoms with Crippen molar-refractivity contribution >= 4 is 5.91 Å². The summed E-state index contributed by atoms with van der Waals surface area (Å²) < 4.78 is 11.5. The zero-order valence-corrected chi connectivity index (χ0v) is 14.6. The molecule has 23 heavy (non-hydrogen) atoms. The molecule has 132 valence electrons. The second kappa shape index (κ2) is 7.95. The number of rotatable bonds is 4. The summed E-state index contributed by atoms with van der Waals surface area (Å²) in [5, 5.41) is 0. The molecule has 1 saturated carbocycles. The summed E-state index contributed by atoms with van der Waals surface area (Å²) in [6.45, 7) is 7.11. The maximum atomic E-state index is 12.1. The molecule has 1 spiro atoms. The number of hydrogen-bond acceptors (Lipinski definition) is 4. The fraction of sp³-hybridized carbons (Fsp3) is 0.944. The van der Waals surface area contributed by atoms with Crippen molar-refractivity contribution < 1.29 is 14.3 Å². The molecule has 0 aromatic heterocycles. The zero-order valence-electron chi connectivity index (χ0n) is 14.6. The van der Waals surface area contributed by atoms with Crippen LogP contribution in [0, 0.1) is 0 Å². The van der Waals surface area contributed by atoms with Crippen molar-refractivity contribution in [1.29, 1.82) is 0 Å². The van der Waals surface area contributed by atoms with Crippen LogP contribution in [0.25, 0.3) is 0 Å². The van der Waals surface area contributed by atoms with E-state index in [2.05, 4.69) is 9.80 Å². The fourth-order valence-electron chi connectivity index (χ4n) is 4.54. The van der Waals surface area contributed by atoms with E-state index in [1.54, 1.807) is 6.92 Å². The van der Waals surface area contributed by atoms with Gasteiger partial charge >= 0.3 is 0 Å². The Bertz CT molecular complexity index is 390. The highest BCUT2D eigenvalue weighted by molar-refractivity contribution is 5.74. The lowest BCUT2D eigenvalue weighted by molar-refractivity contribution is -0.166. The number of ether oxygens (including phenoxy) is 2. The second-order valence-corrected chi connectivity index (χ2v) is 7.40. The van der Waals surface area contributed by atoms with E-state index < -0.39 is 0 Å². The molecule has 2 heterocycles. The Labute approximate surface area is 140 Å². The van der Waals surface area contributed by atoms with E-state index in [4.69, 9.17) is 9.47 Å². The molecule has 5 nitrogen and oxygen atoms in total. The number of hydrogen-bond donors (Lipinski definition) is 0. The fourth-order valence-corrected chi connectivity index (χ4v) is 4.54. The smallest absolute Gasteiger partial charge is 0.219 e. The summed E-state index contributed by atoms with van der Waals surface area (Å²) in [6.07, 6.45) is 9.56. The van der Waals surface area contributed by atoms with E-state index in [1.807, 2.05) is 0 Å². The molecule has 0 aromatic carbocycles. The largest absolute Gasteiger partial charge is 0.353 e. The minimum atomic E-state index is 0.00546.